The molecule has 0 aliphatic carbocycles. The largest absolute Gasteiger partial charge is 0.293 e. The van der Waals surface area contributed by atoms with Gasteiger partial charge in [-0.2, -0.15) is 0 Å². The Balaban J connectivity index is 2.77. The molecule has 17 heavy (non-hydrogen) atoms. The Morgan fingerprint density at radius 1 is 1.12 bits per heavy atom. The minimum atomic E-state index is -3.24. The van der Waals surface area contributed by atoms with Gasteiger partial charge < -0.3 is 0 Å². The molecule has 1 rings (SSSR count). The van der Waals surface area contributed by atoms with Crippen LogP contribution in [0.15, 0.2) is 24.3 Å². The highest BCUT2D eigenvalue weighted by atomic mass is 32.2. The van der Waals surface area contributed by atoms with Gasteiger partial charge in [-0.15, -0.1) is 0 Å². The lowest BCUT2D eigenvalue weighted by Crippen LogP contribution is -2.17. The SMILES string of the molecule is CCCc1ccc(C(=O)CS(=O)(=O)CC)cc1. The molecule has 0 amide bonds. The van der Waals surface area contributed by atoms with Crippen LogP contribution in [0.4, 0.5) is 0 Å². The Morgan fingerprint density at radius 3 is 2.18 bits per heavy atom. The predicted octanol–water partition coefficient (Wildman–Crippen LogP) is 2.26. The van der Waals surface area contributed by atoms with E-state index in [-0.39, 0.29) is 11.5 Å². The van der Waals surface area contributed by atoms with Gasteiger partial charge in [0.1, 0.15) is 5.75 Å². The Labute approximate surface area is 103 Å². The van der Waals surface area contributed by atoms with Crippen molar-refractivity contribution in [3.05, 3.63) is 35.4 Å². The summed E-state index contributed by atoms with van der Waals surface area (Å²) in [7, 11) is -3.24. The minimum absolute atomic E-state index is 0.00661. The van der Waals surface area contributed by atoms with Crippen molar-refractivity contribution in [2.24, 2.45) is 0 Å². The number of rotatable bonds is 6. The fourth-order valence-corrected chi connectivity index (χ4v) is 2.30. The second kappa shape index (κ2) is 5.96. The number of aryl methyl sites for hydroxylation is 1. The average molecular weight is 254 g/mol. The molecule has 1 aromatic rings. The van der Waals surface area contributed by atoms with Crippen LogP contribution in [-0.4, -0.2) is 25.7 Å². The monoisotopic (exact) mass is 254 g/mol. The maximum atomic E-state index is 11.7. The highest BCUT2D eigenvalue weighted by Crippen LogP contribution is 2.08. The molecule has 0 bridgehead atoms. The van der Waals surface area contributed by atoms with E-state index in [9.17, 15) is 13.2 Å². The van der Waals surface area contributed by atoms with Crippen LogP contribution < -0.4 is 0 Å². The van der Waals surface area contributed by atoms with Crippen molar-refractivity contribution >= 4 is 15.6 Å². The molecule has 1 aromatic carbocycles. The minimum Gasteiger partial charge on any atom is -0.293 e. The molecule has 0 radical (unpaired) electrons. The summed E-state index contributed by atoms with van der Waals surface area (Å²) in [6, 6.07) is 7.18. The molecule has 0 heterocycles. The van der Waals surface area contributed by atoms with Gasteiger partial charge in [0.2, 0.25) is 0 Å². The quantitative estimate of drug-likeness (QED) is 0.732. The highest BCUT2D eigenvalue weighted by molar-refractivity contribution is 7.92. The fraction of sp³-hybridized carbons (Fsp3) is 0.462. The lowest BCUT2D eigenvalue weighted by molar-refractivity contribution is 0.102. The molecule has 0 aromatic heterocycles. The van der Waals surface area contributed by atoms with E-state index in [1.807, 2.05) is 12.1 Å². The average Bonchev–Trinajstić information content (AvgIpc) is 2.30. The molecular formula is C13H18O3S. The molecule has 4 heteroatoms. The zero-order valence-corrected chi connectivity index (χ0v) is 11.1. The summed E-state index contributed by atoms with van der Waals surface area (Å²) in [4.78, 5) is 11.7. The van der Waals surface area contributed by atoms with Crippen LogP contribution >= 0.6 is 0 Å². The molecule has 0 saturated heterocycles. The summed E-state index contributed by atoms with van der Waals surface area (Å²) in [5.74, 6) is -0.710. The van der Waals surface area contributed by atoms with Gasteiger partial charge in [-0.25, -0.2) is 8.42 Å². The Bertz CT molecular complexity index is 472. The fourth-order valence-electron chi connectivity index (χ4n) is 1.53. The maximum absolute atomic E-state index is 11.7. The third-order valence-corrected chi connectivity index (χ3v) is 4.19. The second-order valence-electron chi connectivity index (χ2n) is 4.05. The van der Waals surface area contributed by atoms with Crippen LogP contribution in [0.3, 0.4) is 0 Å². The van der Waals surface area contributed by atoms with Gasteiger partial charge in [0, 0.05) is 11.3 Å². The summed E-state index contributed by atoms with van der Waals surface area (Å²) in [5, 5.41) is 0. The number of sulfone groups is 1. The van der Waals surface area contributed by atoms with Crippen LogP contribution in [0.25, 0.3) is 0 Å². The molecule has 0 aliphatic heterocycles. The Morgan fingerprint density at radius 2 is 1.71 bits per heavy atom. The number of carbonyl (C=O) groups excluding carboxylic acids is 1. The topological polar surface area (TPSA) is 51.2 Å². The summed E-state index contributed by atoms with van der Waals surface area (Å²) in [6.07, 6.45) is 2.03. The van der Waals surface area contributed by atoms with Crippen molar-refractivity contribution < 1.29 is 13.2 Å². The molecule has 0 aliphatic rings. The van der Waals surface area contributed by atoms with Crippen LogP contribution in [0.5, 0.6) is 0 Å². The molecule has 0 unspecified atom stereocenters. The number of benzene rings is 1. The maximum Gasteiger partial charge on any atom is 0.177 e. The summed E-state index contributed by atoms with van der Waals surface area (Å²) in [6.45, 7) is 3.64. The van der Waals surface area contributed by atoms with E-state index in [2.05, 4.69) is 6.92 Å². The van der Waals surface area contributed by atoms with Crippen LogP contribution in [0.2, 0.25) is 0 Å². The standard InChI is InChI=1S/C13H18O3S/c1-3-5-11-6-8-12(9-7-11)13(14)10-17(15,16)4-2/h6-9H,3-5,10H2,1-2H3. The number of ketones is 1. The molecule has 0 spiro atoms. The van der Waals surface area contributed by atoms with E-state index in [1.54, 1.807) is 19.1 Å². The number of hydrogen-bond donors (Lipinski definition) is 0. The van der Waals surface area contributed by atoms with Crippen molar-refractivity contribution in [2.45, 2.75) is 26.7 Å². The van der Waals surface area contributed by atoms with Crippen molar-refractivity contribution in [3.8, 4) is 0 Å². The normalized spacial score (nSPS) is 11.4. The number of Topliss-reactive ketones (excluding diaryl/α,β-unsaturated/α-hetero) is 1. The molecule has 0 saturated carbocycles. The molecule has 0 atom stereocenters. The van der Waals surface area contributed by atoms with E-state index in [0.717, 1.165) is 12.8 Å². The van der Waals surface area contributed by atoms with Gasteiger partial charge in [-0.1, -0.05) is 44.5 Å². The van der Waals surface area contributed by atoms with Gasteiger partial charge in [0.25, 0.3) is 0 Å². The van der Waals surface area contributed by atoms with Crippen LogP contribution in [0, 0.1) is 0 Å². The first-order valence-electron chi connectivity index (χ1n) is 5.81. The first-order chi connectivity index (χ1) is 7.98. The number of carbonyl (C=O) groups is 1. The van der Waals surface area contributed by atoms with Gasteiger partial charge in [0.05, 0.1) is 0 Å². The van der Waals surface area contributed by atoms with Crippen molar-refractivity contribution in [2.75, 3.05) is 11.5 Å². The van der Waals surface area contributed by atoms with Gasteiger partial charge in [-0.3, -0.25) is 4.79 Å². The van der Waals surface area contributed by atoms with Crippen molar-refractivity contribution in [3.63, 3.8) is 0 Å². The van der Waals surface area contributed by atoms with Crippen molar-refractivity contribution in [1.82, 2.24) is 0 Å². The molecule has 3 nitrogen and oxygen atoms in total. The van der Waals surface area contributed by atoms with E-state index in [1.165, 1.54) is 5.56 Å². The van der Waals surface area contributed by atoms with E-state index >= 15 is 0 Å². The van der Waals surface area contributed by atoms with Crippen LogP contribution in [-0.2, 0) is 16.3 Å². The Hall–Kier alpha value is -1.16. The van der Waals surface area contributed by atoms with Gasteiger partial charge >= 0.3 is 0 Å². The van der Waals surface area contributed by atoms with Gasteiger partial charge in [-0.05, 0) is 12.0 Å². The van der Waals surface area contributed by atoms with E-state index in [4.69, 9.17) is 0 Å². The van der Waals surface area contributed by atoms with Crippen molar-refractivity contribution in [1.29, 1.82) is 0 Å². The summed E-state index contributed by atoms with van der Waals surface area (Å²) < 4.78 is 22.7. The smallest absolute Gasteiger partial charge is 0.177 e. The van der Waals surface area contributed by atoms with E-state index < -0.39 is 15.6 Å². The molecule has 94 valence electrons. The third-order valence-electron chi connectivity index (χ3n) is 2.61. The first-order valence-corrected chi connectivity index (χ1v) is 7.63. The van der Waals surface area contributed by atoms with Crippen LogP contribution in [0.1, 0.15) is 36.2 Å². The summed E-state index contributed by atoms with van der Waals surface area (Å²) in [5.41, 5.74) is 1.64. The summed E-state index contributed by atoms with van der Waals surface area (Å²) >= 11 is 0. The second-order valence-corrected chi connectivity index (χ2v) is 6.40. The molecule has 0 fully saturated rings. The highest BCUT2D eigenvalue weighted by Gasteiger charge is 2.15. The predicted molar refractivity (Wildman–Crippen MR) is 69.1 cm³/mol. The lowest BCUT2D eigenvalue weighted by atomic mass is 10.1. The lowest BCUT2D eigenvalue weighted by Gasteiger charge is -2.03. The van der Waals surface area contributed by atoms with E-state index in [0.29, 0.717) is 5.56 Å². The van der Waals surface area contributed by atoms with Gasteiger partial charge in [0.15, 0.2) is 15.6 Å². The Kier molecular flexibility index (Phi) is 4.87. The number of hydrogen-bond acceptors (Lipinski definition) is 3. The molecular weight excluding hydrogens is 236 g/mol. The first kappa shape index (κ1) is 13.9. The zero-order valence-electron chi connectivity index (χ0n) is 10.3. The third kappa shape index (κ3) is 4.30. The molecule has 0 N–H and O–H groups in total. The zero-order chi connectivity index (χ0) is 12.9.